The molecular formula is C29H24F4N4O3. The van der Waals surface area contributed by atoms with E-state index >= 15 is 0 Å². The van der Waals surface area contributed by atoms with Crippen LogP contribution in [-0.2, 0) is 6.42 Å². The highest BCUT2D eigenvalue weighted by Gasteiger charge is 2.29. The topological polar surface area (TPSA) is 108 Å². The highest BCUT2D eigenvalue weighted by molar-refractivity contribution is 6.11. The number of carbonyl (C=O) groups excluding carboxylic acids is 2. The van der Waals surface area contributed by atoms with Crippen LogP contribution in [0.4, 0.5) is 17.6 Å². The van der Waals surface area contributed by atoms with Crippen LogP contribution in [-0.4, -0.2) is 36.1 Å². The number of fused-ring (bicyclic) bond motifs is 1. The Morgan fingerprint density at radius 1 is 1.07 bits per heavy atom. The molecule has 11 heteroatoms. The number of furan rings is 1. The number of alkyl halides is 3. The number of rotatable bonds is 7. The van der Waals surface area contributed by atoms with Gasteiger partial charge in [0.25, 0.3) is 11.8 Å². The van der Waals surface area contributed by atoms with Crippen molar-refractivity contribution in [2.24, 2.45) is 0 Å². The molecule has 1 atom stereocenters. The molecule has 2 amide bonds. The third kappa shape index (κ3) is 5.96. The monoisotopic (exact) mass is 552 g/mol. The summed E-state index contributed by atoms with van der Waals surface area (Å²) in [6, 6.07) is 13.0. The number of amides is 2. The van der Waals surface area contributed by atoms with E-state index in [0.29, 0.717) is 5.56 Å². The molecule has 206 valence electrons. The molecule has 0 radical (unpaired) electrons. The lowest BCUT2D eigenvalue weighted by Gasteiger charge is -2.13. The van der Waals surface area contributed by atoms with Crippen molar-refractivity contribution in [1.29, 1.82) is 5.26 Å². The first kappa shape index (κ1) is 28.3. The molecule has 0 saturated heterocycles. The van der Waals surface area contributed by atoms with Gasteiger partial charge in [-0.2, -0.15) is 18.4 Å². The van der Waals surface area contributed by atoms with E-state index < -0.39 is 48.3 Å². The zero-order valence-corrected chi connectivity index (χ0v) is 21.7. The maximum absolute atomic E-state index is 14.6. The van der Waals surface area contributed by atoms with Crippen LogP contribution in [0, 0.1) is 24.1 Å². The summed E-state index contributed by atoms with van der Waals surface area (Å²) in [6.07, 6.45) is -6.21. The maximum atomic E-state index is 14.6. The molecule has 4 rings (SSSR count). The van der Waals surface area contributed by atoms with Crippen molar-refractivity contribution in [2.75, 3.05) is 7.05 Å². The molecule has 0 aliphatic carbocycles. The number of aromatic nitrogens is 1. The first-order valence-corrected chi connectivity index (χ1v) is 12.2. The molecule has 0 bridgehead atoms. The second-order valence-corrected chi connectivity index (χ2v) is 9.22. The third-order valence-electron chi connectivity index (χ3n) is 6.24. The summed E-state index contributed by atoms with van der Waals surface area (Å²) in [4.78, 5) is 30.0. The molecule has 0 saturated carbocycles. The van der Waals surface area contributed by atoms with Gasteiger partial charge in [0.05, 0.1) is 28.3 Å². The minimum absolute atomic E-state index is 0.0131. The number of pyridine rings is 1. The van der Waals surface area contributed by atoms with Crippen LogP contribution in [0.1, 0.15) is 45.3 Å². The first-order valence-electron chi connectivity index (χ1n) is 12.2. The molecule has 0 fully saturated rings. The van der Waals surface area contributed by atoms with Crippen LogP contribution >= 0.6 is 0 Å². The van der Waals surface area contributed by atoms with Gasteiger partial charge in [0.2, 0.25) is 5.71 Å². The zero-order valence-electron chi connectivity index (χ0n) is 21.7. The number of hydrogen-bond donors (Lipinski definition) is 2. The molecule has 4 aromatic rings. The van der Waals surface area contributed by atoms with E-state index in [1.54, 1.807) is 12.1 Å². The van der Waals surface area contributed by atoms with Crippen LogP contribution in [0.25, 0.3) is 33.6 Å². The van der Waals surface area contributed by atoms with Gasteiger partial charge in [-0.1, -0.05) is 35.9 Å². The van der Waals surface area contributed by atoms with Gasteiger partial charge in [0, 0.05) is 24.6 Å². The van der Waals surface area contributed by atoms with Crippen LogP contribution in [0.3, 0.4) is 0 Å². The Morgan fingerprint density at radius 3 is 2.38 bits per heavy atom. The van der Waals surface area contributed by atoms with Gasteiger partial charge in [0.1, 0.15) is 17.6 Å². The van der Waals surface area contributed by atoms with Gasteiger partial charge < -0.3 is 15.1 Å². The average molecular weight is 553 g/mol. The summed E-state index contributed by atoms with van der Waals surface area (Å²) < 4.78 is 60.2. The van der Waals surface area contributed by atoms with Gasteiger partial charge in [-0.15, -0.1) is 0 Å². The van der Waals surface area contributed by atoms with Crippen molar-refractivity contribution in [3.05, 3.63) is 76.7 Å². The van der Waals surface area contributed by atoms with E-state index in [0.717, 1.165) is 11.6 Å². The smallest absolute Gasteiger partial charge is 0.389 e. The lowest BCUT2D eigenvalue weighted by Crippen LogP contribution is -2.31. The fourth-order valence-corrected chi connectivity index (χ4v) is 4.19. The number of hydrogen-bond acceptors (Lipinski definition) is 5. The van der Waals surface area contributed by atoms with E-state index in [-0.39, 0.29) is 39.2 Å². The van der Waals surface area contributed by atoms with Gasteiger partial charge in [0.15, 0.2) is 0 Å². The predicted octanol–water partition coefficient (Wildman–Crippen LogP) is 6.11. The lowest BCUT2D eigenvalue weighted by molar-refractivity contribution is -0.134. The molecule has 2 N–H and O–H groups in total. The molecular weight excluding hydrogens is 528 g/mol. The molecule has 0 aliphatic rings. The van der Waals surface area contributed by atoms with Crippen molar-refractivity contribution in [3.8, 4) is 28.5 Å². The van der Waals surface area contributed by atoms with Crippen LogP contribution in [0.5, 0.6) is 0 Å². The number of nitrogens with zero attached hydrogens (tertiary/aromatic N) is 2. The third-order valence-corrected chi connectivity index (χ3v) is 6.24. The maximum Gasteiger partial charge on any atom is 0.389 e. The van der Waals surface area contributed by atoms with E-state index in [1.165, 1.54) is 32.2 Å². The fraction of sp³-hybridized carbons (Fsp3) is 0.241. The van der Waals surface area contributed by atoms with Crippen molar-refractivity contribution >= 4 is 22.9 Å². The second-order valence-electron chi connectivity index (χ2n) is 9.22. The minimum atomic E-state index is -4.49. The van der Waals surface area contributed by atoms with E-state index in [1.807, 2.05) is 25.1 Å². The first-order chi connectivity index (χ1) is 18.9. The van der Waals surface area contributed by atoms with Crippen LogP contribution in [0.15, 0.2) is 52.9 Å². The summed E-state index contributed by atoms with van der Waals surface area (Å²) in [5.74, 6) is -2.07. The SMILES string of the molecule is CNC(=O)c1c(-c2ccc(C)cc2)oc2nc(CCC(F)(F)F)c(-c3ccc(F)c(C(=O)NC(C)C#N)c3)cc12. The average Bonchev–Trinajstić information content (AvgIpc) is 3.29. The van der Waals surface area contributed by atoms with Crippen molar-refractivity contribution in [1.82, 2.24) is 15.6 Å². The Kier molecular flexibility index (Phi) is 7.91. The molecule has 1 unspecified atom stereocenters. The lowest BCUT2D eigenvalue weighted by atomic mass is 9.96. The highest BCUT2D eigenvalue weighted by atomic mass is 19.4. The molecule has 40 heavy (non-hydrogen) atoms. The molecule has 2 aromatic heterocycles. The fourth-order valence-electron chi connectivity index (χ4n) is 4.19. The Labute approximate surface area is 226 Å². The number of aryl methyl sites for hydroxylation is 2. The summed E-state index contributed by atoms with van der Waals surface area (Å²) >= 11 is 0. The molecule has 0 aliphatic heterocycles. The summed E-state index contributed by atoms with van der Waals surface area (Å²) in [6.45, 7) is 3.30. The van der Waals surface area contributed by atoms with E-state index in [9.17, 15) is 27.2 Å². The number of nitriles is 1. The van der Waals surface area contributed by atoms with Crippen molar-refractivity contribution in [2.45, 2.75) is 38.9 Å². The summed E-state index contributed by atoms with van der Waals surface area (Å²) in [5.41, 5.74) is 1.56. The van der Waals surface area contributed by atoms with Crippen LogP contribution in [0.2, 0.25) is 0 Å². The van der Waals surface area contributed by atoms with E-state index in [2.05, 4.69) is 15.6 Å². The quantitative estimate of drug-likeness (QED) is 0.269. The highest BCUT2D eigenvalue weighted by Crippen LogP contribution is 2.38. The number of benzene rings is 2. The van der Waals surface area contributed by atoms with Gasteiger partial charge in [-0.3, -0.25) is 9.59 Å². The standard InChI is InChI=1S/C29H24F4N4O3/c1-15-4-6-17(7-5-15)25-24(27(39)35-3)21-13-19(23(37-28(21)40-25)10-11-29(31,32)33)18-8-9-22(30)20(12-18)26(38)36-16(2)14-34/h4-9,12-13,16H,10-11H2,1-3H3,(H,35,39)(H,36,38). The largest absolute Gasteiger partial charge is 0.437 e. The zero-order chi connectivity index (χ0) is 29.2. The predicted molar refractivity (Wildman–Crippen MR) is 140 cm³/mol. The van der Waals surface area contributed by atoms with Crippen molar-refractivity contribution in [3.63, 3.8) is 0 Å². The Hall–Kier alpha value is -4.72. The van der Waals surface area contributed by atoms with Gasteiger partial charge in [-0.25, -0.2) is 9.37 Å². The Balaban J connectivity index is 1.96. The molecule has 2 aromatic carbocycles. The number of carbonyl (C=O) groups is 2. The van der Waals surface area contributed by atoms with E-state index in [4.69, 9.17) is 9.68 Å². The Morgan fingerprint density at radius 2 is 1.75 bits per heavy atom. The summed E-state index contributed by atoms with van der Waals surface area (Å²) in [7, 11) is 1.43. The number of halogens is 4. The second kappa shape index (κ2) is 11.2. The molecule has 7 nitrogen and oxygen atoms in total. The molecule has 0 spiro atoms. The normalized spacial score (nSPS) is 12.2. The number of nitrogens with one attached hydrogen (secondary N) is 2. The summed E-state index contributed by atoms with van der Waals surface area (Å²) in [5, 5.41) is 14.1. The Bertz CT molecular complexity index is 1640. The van der Waals surface area contributed by atoms with Crippen LogP contribution < -0.4 is 10.6 Å². The van der Waals surface area contributed by atoms with Gasteiger partial charge >= 0.3 is 6.18 Å². The van der Waals surface area contributed by atoms with Gasteiger partial charge in [-0.05, 0) is 44.0 Å². The minimum Gasteiger partial charge on any atom is -0.437 e. The van der Waals surface area contributed by atoms with Crippen molar-refractivity contribution < 1.29 is 31.6 Å². The molecule has 2 heterocycles.